The summed E-state index contributed by atoms with van der Waals surface area (Å²) in [5, 5.41) is 6.99. The summed E-state index contributed by atoms with van der Waals surface area (Å²) >= 11 is 1.55. The van der Waals surface area contributed by atoms with E-state index in [1.54, 1.807) is 18.4 Å². The third-order valence-electron chi connectivity index (χ3n) is 3.91. The normalized spacial score (nSPS) is 17.1. The number of hydrogen-bond acceptors (Lipinski definition) is 5. The third kappa shape index (κ3) is 4.16. The zero-order valence-corrected chi connectivity index (χ0v) is 14.5. The number of carbonyl (C=O) groups is 1. The van der Waals surface area contributed by atoms with Crippen molar-refractivity contribution >= 4 is 34.8 Å². The molecule has 1 saturated heterocycles. The van der Waals surface area contributed by atoms with Gasteiger partial charge in [-0.15, -0.1) is 23.7 Å². The van der Waals surface area contributed by atoms with Crippen LogP contribution in [0.2, 0.25) is 0 Å². The molecule has 2 N–H and O–H groups in total. The van der Waals surface area contributed by atoms with Gasteiger partial charge < -0.3 is 15.4 Å². The van der Waals surface area contributed by atoms with Gasteiger partial charge in [-0.05, 0) is 39.3 Å². The van der Waals surface area contributed by atoms with E-state index in [4.69, 9.17) is 4.74 Å². The largest absolute Gasteiger partial charge is 0.384 e. The molecule has 1 aromatic rings. The van der Waals surface area contributed by atoms with Gasteiger partial charge in [0.1, 0.15) is 0 Å². The summed E-state index contributed by atoms with van der Waals surface area (Å²) in [6.07, 6.45) is 2.50. The van der Waals surface area contributed by atoms with Gasteiger partial charge in [0, 0.05) is 12.0 Å². The molecule has 0 bridgehead atoms. The molecule has 2 heterocycles. The van der Waals surface area contributed by atoms with Gasteiger partial charge in [-0.3, -0.25) is 4.79 Å². The Morgan fingerprint density at radius 1 is 1.48 bits per heavy atom. The van der Waals surface area contributed by atoms with E-state index in [2.05, 4.69) is 22.5 Å². The molecule has 5 nitrogen and oxygen atoms in total. The number of rotatable bonds is 5. The number of thiazole rings is 1. The van der Waals surface area contributed by atoms with Gasteiger partial charge >= 0.3 is 0 Å². The van der Waals surface area contributed by atoms with Crippen LogP contribution in [0.1, 0.15) is 30.3 Å². The van der Waals surface area contributed by atoms with Crippen LogP contribution in [0, 0.1) is 12.3 Å². The first-order valence-electron chi connectivity index (χ1n) is 7.08. The number of piperidine rings is 1. The number of hydrogen-bond donors (Lipinski definition) is 2. The maximum absolute atomic E-state index is 12.6. The number of nitrogens with one attached hydrogen (secondary N) is 2. The van der Waals surface area contributed by atoms with Crippen LogP contribution in [0.25, 0.3) is 0 Å². The van der Waals surface area contributed by atoms with Crippen LogP contribution < -0.4 is 10.6 Å². The topological polar surface area (TPSA) is 63.2 Å². The van der Waals surface area contributed by atoms with Crippen molar-refractivity contribution in [2.24, 2.45) is 5.41 Å². The summed E-state index contributed by atoms with van der Waals surface area (Å²) in [5.74, 6) is 0.0391. The molecule has 2 rings (SSSR count). The first kappa shape index (κ1) is 18.4. The summed E-state index contributed by atoms with van der Waals surface area (Å²) in [5.41, 5.74) is 0.641. The van der Waals surface area contributed by atoms with Crippen LogP contribution in [-0.2, 0) is 16.0 Å². The van der Waals surface area contributed by atoms with E-state index in [-0.39, 0.29) is 18.3 Å². The molecule has 7 heteroatoms. The molecule has 0 spiro atoms. The van der Waals surface area contributed by atoms with E-state index in [0.29, 0.717) is 11.7 Å². The van der Waals surface area contributed by atoms with Crippen molar-refractivity contribution in [1.29, 1.82) is 0 Å². The van der Waals surface area contributed by atoms with Gasteiger partial charge in [-0.1, -0.05) is 6.92 Å². The van der Waals surface area contributed by atoms with Crippen LogP contribution in [-0.4, -0.2) is 37.7 Å². The molecular weight excluding hydrogens is 310 g/mol. The molecule has 21 heavy (non-hydrogen) atoms. The Bertz CT molecular complexity index is 467. The quantitative estimate of drug-likeness (QED) is 0.868. The lowest BCUT2D eigenvalue weighted by molar-refractivity contribution is -0.130. The average Bonchev–Trinajstić information content (AvgIpc) is 2.80. The van der Waals surface area contributed by atoms with Crippen LogP contribution in [0.5, 0.6) is 0 Å². The Morgan fingerprint density at radius 2 is 2.14 bits per heavy atom. The SMILES string of the molecule is CCc1nc(NC(=O)C2(COC)CCNCC2)sc1C.Cl. The molecule has 0 saturated carbocycles. The monoisotopic (exact) mass is 333 g/mol. The van der Waals surface area contributed by atoms with Gasteiger partial charge in [-0.25, -0.2) is 4.98 Å². The molecule has 0 aromatic carbocycles. The molecule has 0 radical (unpaired) electrons. The number of aryl methyl sites for hydroxylation is 2. The van der Waals surface area contributed by atoms with Gasteiger partial charge in [0.05, 0.1) is 17.7 Å². The Morgan fingerprint density at radius 3 is 2.67 bits per heavy atom. The molecule has 1 aliphatic heterocycles. The zero-order valence-electron chi connectivity index (χ0n) is 12.8. The fraction of sp³-hybridized carbons (Fsp3) is 0.714. The molecule has 1 fully saturated rings. The number of methoxy groups -OCH3 is 1. The maximum Gasteiger partial charge on any atom is 0.234 e. The van der Waals surface area contributed by atoms with Crippen molar-refractivity contribution in [2.45, 2.75) is 33.1 Å². The summed E-state index contributed by atoms with van der Waals surface area (Å²) in [7, 11) is 1.65. The average molecular weight is 334 g/mol. The predicted molar refractivity (Wildman–Crippen MR) is 88.5 cm³/mol. The molecule has 0 atom stereocenters. The van der Waals surface area contributed by atoms with E-state index in [0.717, 1.165) is 38.0 Å². The molecule has 1 aliphatic rings. The second kappa shape index (κ2) is 8.08. The van der Waals surface area contributed by atoms with Crippen molar-refractivity contribution < 1.29 is 9.53 Å². The Labute approximate surface area is 136 Å². The van der Waals surface area contributed by atoms with E-state index >= 15 is 0 Å². The minimum Gasteiger partial charge on any atom is -0.384 e. The molecule has 0 unspecified atom stereocenters. The zero-order chi connectivity index (χ0) is 14.6. The van der Waals surface area contributed by atoms with Gasteiger partial charge in [0.25, 0.3) is 0 Å². The minimum atomic E-state index is -0.425. The van der Waals surface area contributed by atoms with Gasteiger partial charge in [0.15, 0.2) is 5.13 Å². The third-order valence-corrected chi connectivity index (χ3v) is 4.84. The Kier molecular flexibility index (Phi) is 7.06. The van der Waals surface area contributed by atoms with Crippen LogP contribution in [0.3, 0.4) is 0 Å². The lowest BCUT2D eigenvalue weighted by atomic mass is 9.79. The van der Waals surface area contributed by atoms with Crippen LogP contribution >= 0.6 is 23.7 Å². The van der Waals surface area contributed by atoms with E-state index in [9.17, 15) is 4.79 Å². The van der Waals surface area contributed by atoms with Crippen molar-refractivity contribution in [3.63, 3.8) is 0 Å². The van der Waals surface area contributed by atoms with Crippen molar-refractivity contribution in [3.8, 4) is 0 Å². The van der Waals surface area contributed by atoms with Crippen molar-refractivity contribution in [2.75, 3.05) is 32.1 Å². The highest BCUT2D eigenvalue weighted by molar-refractivity contribution is 7.15. The fourth-order valence-corrected chi connectivity index (χ4v) is 3.56. The fourth-order valence-electron chi connectivity index (χ4n) is 2.66. The standard InChI is InChI=1S/C14H23N3O2S.ClH/c1-4-11-10(2)20-13(16-11)17-12(18)14(9-19-3)5-7-15-8-6-14;/h15H,4-9H2,1-3H3,(H,16,17,18);1H. The smallest absolute Gasteiger partial charge is 0.234 e. The molecule has 120 valence electrons. The molecular formula is C14H24ClN3O2S. The van der Waals surface area contributed by atoms with Crippen LogP contribution in [0.15, 0.2) is 0 Å². The summed E-state index contributed by atoms with van der Waals surface area (Å²) < 4.78 is 5.29. The van der Waals surface area contributed by atoms with Crippen molar-refractivity contribution in [1.82, 2.24) is 10.3 Å². The Balaban J connectivity index is 0.00000220. The summed E-state index contributed by atoms with van der Waals surface area (Å²) in [4.78, 5) is 18.3. The van der Waals surface area contributed by atoms with E-state index in [1.165, 1.54) is 4.88 Å². The highest BCUT2D eigenvalue weighted by Crippen LogP contribution is 2.32. The van der Waals surface area contributed by atoms with E-state index < -0.39 is 5.41 Å². The highest BCUT2D eigenvalue weighted by atomic mass is 35.5. The second-order valence-corrected chi connectivity index (χ2v) is 6.50. The minimum absolute atomic E-state index is 0. The first-order chi connectivity index (χ1) is 9.61. The lowest BCUT2D eigenvalue weighted by Gasteiger charge is -2.35. The first-order valence-corrected chi connectivity index (χ1v) is 7.90. The Hall–Kier alpha value is -0.690. The molecule has 0 aliphatic carbocycles. The highest BCUT2D eigenvalue weighted by Gasteiger charge is 2.40. The summed E-state index contributed by atoms with van der Waals surface area (Å²) in [6.45, 7) is 6.29. The van der Waals surface area contributed by atoms with Gasteiger partial charge in [0.2, 0.25) is 5.91 Å². The number of anilines is 1. The number of halogens is 1. The lowest BCUT2D eigenvalue weighted by Crippen LogP contribution is -2.47. The van der Waals surface area contributed by atoms with Crippen LogP contribution in [0.4, 0.5) is 5.13 Å². The summed E-state index contributed by atoms with van der Waals surface area (Å²) in [6, 6.07) is 0. The number of aromatic nitrogens is 1. The van der Waals surface area contributed by atoms with E-state index in [1.807, 2.05) is 6.92 Å². The van der Waals surface area contributed by atoms with Crippen molar-refractivity contribution in [3.05, 3.63) is 10.6 Å². The molecule has 1 aromatic heterocycles. The number of nitrogens with zero attached hydrogens (tertiary/aromatic N) is 1. The number of ether oxygens (including phenoxy) is 1. The number of amides is 1. The second-order valence-electron chi connectivity index (χ2n) is 5.29. The maximum atomic E-state index is 12.6. The van der Waals surface area contributed by atoms with Gasteiger partial charge in [-0.2, -0.15) is 0 Å². The number of carbonyl (C=O) groups excluding carboxylic acids is 1. The molecule has 1 amide bonds. The predicted octanol–water partition coefficient (Wildman–Crippen LogP) is 2.39.